The number of carbonyl (C=O) groups excluding carboxylic acids is 2. The van der Waals surface area contributed by atoms with Crippen LogP contribution in [0.3, 0.4) is 0 Å². The summed E-state index contributed by atoms with van der Waals surface area (Å²) in [4.78, 5) is 26.3. The minimum absolute atomic E-state index is 0.0712. The molecule has 1 aliphatic heterocycles. The molecule has 0 N–H and O–H groups in total. The van der Waals surface area contributed by atoms with Crippen molar-refractivity contribution >= 4 is 51.6 Å². The molecule has 6 nitrogen and oxygen atoms in total. The summed E-state index contributed by atoms with van der Waals surface area (Å²) in [5.74, 6) is 1.03. The maximum Gasteiger partial charge on any atom is 0.293 e. The molecule has 27 heavy (non-hydrogen) atoms. The summed E-state index contributed by atoms with van der Waals surface area (Å²) in [6.07, 6.45) is 3.30. The summed E-state index contributed by atoms with van der Waals surface area (Å²) in [6, 6.07) is 3.73. The molecule has 148 valence electrons. The van der Waals surface area contributed by atoms with Crippen LogP contribution in [0, 0.1) is 3.57 Å². The predicted molar refractivity (Wildman–Crippen MR) is 115 cm³/mol. The number of hydrogen-bond acceptors (Lipinski definition) is 6. The van der Waals surface area contributed by atoms with Gasteiger partial charge in [-0.2, -0.15) is 0 Å². The van der Waals surface area contributed by atoms with Gasteiger partial charge in [-0.3, -0.25) is 14.5 Å². The second-order valence-corrected chi connectivity index (χ2v) is 8.21. The van der Waals surface area contributed by atoms with Gasteiger partial charge < -0.3 is 14.2 Å². The molecule has 1 aromatic rings. The molecule has 0 radical (unpaired) electrons. The molecule has 0 bridgehead atoms. The molecule has 0 unspecified atom stereocenters. The van der Waals surface area contributed by atoms with E-state index < -0.39 is 0 Å². The summed E-state index contributed by atoms with van der Waals surface area (Å²) in [5, 5.41) is -0.249. The van der Waals surface area contributed by atoms with E-state index in [1.807, 2.05) is 19.1 Å². The fourth-order valence-electron chi connectivity index (χ4n) is 2.43. The Balaban J connectivity index is 2.24. The Morgan fingerprint density at radius 3 is 2.67 bits per heavy atom. The summed E-state index contributed by atoms with van der Waals surface area (Å²) in [7, 11) is 3.18. The van der Waals surface area contributed by atoms with Gasteiger partial charge in [-0.1, -0.05) is 6.92 Å². The first-order valence-electron chi connectivity index (χ1n) is 8.69. The van der Waals surface area contributed by atoms with Gasteiger partial charge in [0.05, 0.1) is 21.7 Å². The second kappa shape index (κ2) is 10.3. The van der Waals surface area contributed by atoms with Gasteiger partial charge in [-0.25, -0.2) is 0 Å². The first kappa shape index (κ1) is 22.0. The van der Waals surface area contributed by atoms with E-state index >= 15 is 0 Å². The second-order valence-electron chi connectivity index (χ2n) is 6.05. The largest absolute Gasteiger partial charge is 0.493 e. The standard InChI is InChI=1S/C19H24INO5S/c1-5-12(2)26-17-14(20)9-13(10-15(17)25-4)11-16-18(22)21(19(23)27-16)7-6-8-24-3/h9-12H,5-8H2,1-4H3/b16-11+/t12-/m0/s1. The number of ether oxygens (including phenoxy) is 3. The molecule has 0 spiro atoms. The van der Waals surface area contributed by atoms with Crippen molar-refractivity contribution in [2.45, 2.75) is 32.8 Å². The highest BCUT2D eigenvalue weighted by Crippen LogP contribution is 2.37. The van der Waals surface area contributed by atoms with Crippen LogP contribution in [0.5, 0.6) is 11.5 Å². The number of imide groups is 1. The molecule has 1 saturated heterocycles. The number of methoxy groups -OCH3 is 2. The van der Waals surface area contributed by atoms with E-state index in [0.717, 1.165) is 27.3 Å². The Bertz CT molecular complexity index is 737. The van der Waals surface area contributed by atoms with E-state index in [9.17, 15) is 9.59 Å². The van der Waals surface area contributed by atoms with Crippen LogP contribution >= 0.6 is 34.4 Å². The summed E-state index contributed by atoms with van der Waals surface area (Å²) in [5.41, 5.74) is 0.787. The zero-order valence-electron chi connectivity index (χ0n) is 15.9. The van der Waals surface area contributed by atoms with Gasteiger partial charge in [0.25, 0.3) is 11.1 Å². The quantitative estimate of drug-likeness (QED) is 0.279. The molecule has 1 atom stereocenters. The highest BCUT2D eigenvalue weighted by Gasteiger charge is 2.34. The van der Waals surface area contributed by atoms with Crippen LogP contribution in [-0.2, 0) is 9.53 Å². The fraction of sp³-hybridized carbons (Fsp3) is 0.474. The van der Waals surface area contributed by atoms with Crippen LogP contribution in [0.2, 0.25) is 0 Å². The minimum Gasteiger partial charge on any atom is -0.493 e. The Morgan fingerprint density at radius 1 is 1.30 bits per heavy atom. The zero-order chi connectivity index (χ0) is 20.0. The van der Waals surface area contributed by atoms with Crippen LogP contribution in [0.4, 0.5) is 4.79 Å². The van der Waals surface area contributed by atoms with Crippen molar-refractivity contribution in [1.29, 1.82) is 0 Å². The zero-order valence-corrected chi connectivity index (χ0v) is 18.9. The summed E-state index contributed by atoms with van der Waals surface area (Å²) in [6.45, 7) is 4.93. The van der Waals surface area contributed by atoms with Crippen LogP contribution in [0.25, 0.3) is 6.08 Å². The molecule has 1 heterocycles. The van der Waals surface area contributed by atoms with Crippen LogP contribution in [0.15, 0.2) is 17.0 Å². The maximum atomic E-state index is 12.5. The maximum absolute atomic E-state index is 12.5. The Kier molecular flexibility index (Phi) is 8.43. The monoisotopic (exact) mass is 505 g/mol. The molecule has 0 aliphatic carbocycles. The van der Waals surface area contributed by atoms with E-state index in [0.29, 0.717) is 36.0 Å². The van der Waals surface area contributed by atoms with Crippen molar-refractivity contribution in [3.05, 3.63) is 26.2 Å². The lowest BCUT2D eigenvalue weighted by molar-refractivity contribution is -0.122. The summed E-state index contributed by atoms with van der Waals surface area (Å²) >= 11 is 3.15. The highest BCUT2D eigenvalue weighted by molar-refractivity contribution is 14.1. The van der Waals surface area contributed by atoms with Crippen molar-refractivity contribution in [2.24, 2.45) is 0 Å². The van der Waals surface area contributed by atoms with Gasteiger partial charge >= 0.3 is 0 Å². The van der Waals surface area contributed by atoms with Crippen molar-refractivity contribution < 1.29 is 23.8 Å². The normalized spacial score (nSPS) is 16.9. The van der Waals surface area contributed by atoms with Crippen LogP contribution in [0.1, 0.15) is 32.3 Å². The number of benzene rings is 1. The average Bonchev–Trinajstić information content (AvgIpc) is 2.90. The van der Waals surface area contributed by atoms with E-state index in [1.165, 1.54) is 4.90 Å². The third kappa shape index (κ3) is 5.61. The lowest BCUT2D eigenvalue weighted by Crippen LogP contribution is -2.29. The van der Waals surface area contributed by atoms with E-state index in [4.69, 9.17) is 14.2 Å². The van der Waals surface area contributed by atoms with E-state index in [1.54, 1.807) is 20.3 Å². The van der Waals surface area contributed by atoms with Crippen molar-refractivity contribution in [3.8, 4) is 11.5 Å². The molecular weight excluding hydrogens is 481 g/mol. The molecule has 1 aliphatic rings. The number of thioether (sulfide) groups is 1. The fourth-order valence-corrected chi connectivity index (χ4v) is 4.05. The number of hydrogen-bond donors (Lipinski definition) is 0. The molecule has 0 aromatic heterocycles. The van der Waals surface area contributed by atoms with Gasteiger partial charge in [-0.05, 0) is 77.9 Å². The number of carbonyl (C=O) groups is 2. The number of halogens is 1. The van der Waals surface area contributed by atoms with Crippen molar-refractivity contribution in [2.75, 3.05) is 27.4 Å². The van der Waals surface area contributed by atoms with Crippen molar-refractivity contribution in [3.63, 3.8) is 0 Å². The summed E-state index contributed by atoms with van der Waals surface area (Å²) < 4.78 is 17.3. The molecule has 8 heteroatoms. The number of rotatable bonds is 9. The number of amides is 2. The van der Waals surface area contributed by atoms with Crippen molar-refractivity contribution in [1.82, 2.24) is 4.90 Å². The third-order valence-corrected chi connectivity index (χ3v) is 5.76. The third-order valence-electron chi connectivity index (χ3n) is 4.05. The molecule has 1 fully saturated rings. The van der Waals surface area contributed by atoms with Gasteiger partial charge in [-0.15, -0.1) is 0 Å². The Morgan fingerprint density at radius 2 is 2.04 bits per heavy atom. The SMILES string of the molecule is CC[C@H](C)Oc1c(I)cc(/C=C2/SC(=O)N(CCCOC)C2=O)cc1OC. The minimum atomic E-state index is -0.269. The smallest absolute Gasteiger partial charge is 0.293 e. The molecule has 2 amide bonds. The Hall–Kier alpha value is -1.26. The predicted octanol–water partition coefficient (Wildman–Crippen LogP) is 4.55. The van der Waals surface area contributed by atoms with Gasteiger partial charge in [0.2, 0.25) is 0 Å². The average molecular weight is 505 g/mol. The van der Waals surface area contributed by atoms with Gasteiger partial charge in [0.1, 0.15) is 0 Å². The molecule has 2 rings (SSSR count). The first-order chi connectivity index (χ1) is 12.9. The number of nitrogens with zero attached hydrogens (tertiary/aromatic N) is 1. The van der Waals surface area contributed by atoms with Crippen LogP contribution < -0.4 is 9.47 Å². The molecular formula is C19H24INO5S. The van der Waals surface area contributed by atoms with E-state index in [2.05, 4.69) is 29.5 Å². The van der Waals surface area contributed by atoms with Gasteiger partial charge in [0.15, 0.2) is 11.5 Å². The Labute approximate surface area is 177 Å². The lowest BCUT2D eigenvalue weighted by Gasteiger charge is -2.17. The molecule has 1 aromatic carbocycles. The van der Waals surface area contributed by atoms with Gasteiger partial charge in [0, 0.05) is 20.3 Å². The van der Waals surface area contributed by atoms with E-state index in [-0.39, 0.29) is 17.3 Å². The highest BCUT2D eigenvalue weighted by atomic mass is 127. The topological polar surface area (TPSA) is 65.1 Å². The molecule has 0 saturated carbocycles. The lowest BCUT2D eigenvalue weighted by atomic mass is 10.1. The first-order valence-corrected chi connectivity index (χ1v) is 10.6. The van der Waals surface area contributed by atoms with Crippen LogP contribution in [-0.4, -0.2) is 49.5 Å².